The van der Waals surface area contributed by atoms with Gasteiger partial charge >= 0.3 is 5.97 Å². The quantitative estimate of drug-likeness (QED) is 0.269. The van der Waals surface area contributed by atoms with Crippen molar-refractivity contribution in [1.29, 1.82) is 0 Å². The molecular weight excluding hydrogens is 470 g/mol. The number of hydrogen-bond donors (Lipinski definition) is 1. The van der Waals surface area contributed by atoms with Crippen molar-refractivity contribution in [1.82, 2.24) is 9.55 Å². The zero-order valence-corrected chi connectivity index (χ0v) is 21.3. The van der Waals surface area contributed by atoms with Crippen molar-refractivity contribution in [3.8, 4) is 0 Å². The monoisotopic (exact) mass is 499 g/mol. The summed E-state index contributed by atoms with van der Waals surface area (Å²) in [6.45, 7) is 6.70. The second-order valence-electron chi connectivity index (χ2n) is 8.38. The summed E-state index contributed by atoms with van der Waals surface area (Å²) in [7, 11) is 0. The van der Waals surface area contributed by atoms with Gasteiger partial charge in [-0.25, -0.2) is 9.78 Å². The van der Waals surface area contributed by atoms with E-state index < -0.39 is 0 Å². The zero-order chi connectivity index (χ0) is 24.2. The molecule has 1 atom stereocenters. The van der Waals surface area contributed by atoms with Crippen LogP contribution in [0.1, 0.15) is 54.4 Å². The lowest BCUT2D eigenvalue weighted by Crippen LogP contribution is -2.22. The zero-order valence-electron chi connectivity index (χ0n) is 19.7. The Balaban J connectivity index is 1.47. The van der Waals surface area contributed by atoms with Crippen molar-refractivity contribution < 1.29 is 14.3 Å². The van der Waals surface area contributed by atoms with Crippen LogP contribution in [0.4, 0.5) is 5.00 Å². The summed E-state index contributed by atoms with van der Waals surface area (Å²) in [4.78, 5) is 44.0. The van der Waals surface area contributed by atoms with Crippen LogP contribution < -0.4 is 10.9 Å². The third-order valence-corrected chi connectivity index (χ3v) is 8.10. The highest BCUT2D eigenvalue weighted by Gasteiger charge is 2.29. The van der Waals surface area contributed by atoms with E-state index >= 15 is 0 Å². The maximum atomic E-state index is 12.8. The summed E-state index contributed by atoms with van der Waals surface area (Å²) < 4.78 is 6.92. The summed E-state index contributed by atoms with van der Waals surface area (Å²) in [6, 6.07) is 7.29. The number of carbonyl (C=O) groups excluding carboxylic acids is 2. The van der Waals surface area contributed by atoms with Crippen LogP contribution in [0.25, 0.3) is 10.9 Å². The van der Waals surface area contributed by atoms with Gasteiger partial charge < -0.3 is 10.1 Å². The lowest BCUT2D eigenvalue weighted by Gasteiger charge is -2.18. The van der Waals surface area contributed by atoms with Crippen LogP contribution >= 0.6 is 23.1 Å². The predicted molar refractivity (Wildman–Crippen MR) is 137 cm³/mol. The number of fused-ring (bicyclic) bond motifs is 2. The Labute approximate surface area is 206 Å². The van der Waals surface area contributed by atoms with Gasteiger partial charge in [-0.1, -0.05) is 30.8 Å². The van der Waals surface area contributed by atoms with E-state index in [2.05, 4.69) is 17.2 Å². The Morgan fingerprint density at radius 1 is 1.29 bits per heavy atom. The molecule has 0 saturated heterocycles. The number of amides is 1. The number of aromatic nitrogens is 2. The van der Waals surface area contributed by atoms with Crippen LogP contribution in [0.15, 0.2) is 34.2 Å². The molecule has 1 unspecified atom stereocenters. The molecule has 1 aliphatic rings. The third-order valence-electron chi connectivity index (χ3n) is 5.95. The highest BCUT2D eigenvalue weighted by Crippen LogP contribution is 2.40. The molecule has 0 bridgehead atoms. The number of nitrogens with one attached hydrogen (secondary N) is 1. The molecule has 0 spiro atoms. The number of hydrogen-bond acceptors (Lipinski definition) is 7. The number of para-hydroxylation sites is 1. The van der Waals surface area contributed by atoms with Gasteiger partial charge in [0.05, 0.1) is 23.1 Å². The first-order chi connectivity index (χ1) is 16.4. The first-order valence-electron chi connectivity index (χ1n) is 11.7. The molecule has 180 valence electrons. The molecule has 7 nitrogen and oxygen atoms in total. The van der Waals surface area contributed by atoms with E-state index in [0.29, 0.717) is 51.4 Å². The van der Waals surface area contributed by atoms with Gasteiger partial charge in [0.25, 0.3) is 5.56 Å². The second kappa shape index (κ2) is 10.7. The van der Waals surface area contributed by atoms with Gasteiger partial charge in [-0.05, 0) is 56.7 Å². The highest BCUT2D eigenvalue weighted by molar-refractivity contribution is 7.99. The number of anilines is 1. The van der Waals surface area contributed by atoms with Crippen molar-refractivity contribution in [2.75, 3.05) is 17.7 Å². The fourth-order valence-electron chi connectivity index (χ4n) is 4.22. The molecule has 34 heavy (non-hydrogen) atoms. The highest BCUT2D eigenvalue weighted by atomic mass is 32.2. The van der Waals surface area contributed by atoms with E-state index in [9.17, 15) is 14.4 Å². The number of benzene rings is 1. The van der Waals surface area contributed by atoms with Gasteiger partial charge in [0.1, 0.15) is 5.00 Å². The molecule has 1 N–H and O–H groups in total. The number of nitrogens with zero attached hydrogens (tertiary/aromatic N) is 2. The average molecular weight is 500 g/mol. The van der Waals surface area contributed by atoms with E-state index in [0.717, 1.165) is 24.8 Å². The molecule has 2 heterocycles. The van der Waals surface area contributed by atoms with E-state index in [4.69, 9.17) is 4.74 Å². The molecule has 3 aromatic rings. The maximum absolute atomic E-state index is 12.8. The third kappa shape index (κ3) is 5.05. The van der Waals surface area contributed by atoms with Gasteiger partial charge in [0, 0.05) is 23.6 Å². The largest absolute Gasteiger partial charge is 0.462 e. The smallest absolute Gasteiger partial charge is 0.341 e. The minimum Gasteiger partial charge on any atom is -0.462 e. The van der Waals surface area contributed by atoms with Crippen LogP contribution in [0, 0.1) is 5.92 Å². The number of rotatable bonds is 8. The normalized spacial score (nSPS) is 15.2. The molecule has 1 amide bonds. The van der Waals surface area contributed by atoms with Crippen molar-refractivity contribution in [2.45, 2.75) is 58.2 Å². The van der Waals surface area contributed by atoms with Crippen LogP contribution in [-0.4, -0.2) is 33.8 Å². The van der Waals surface area contributed by atoms with Gasteiger partial charge in [-0.15, -0.1) is 11.3 Å². The standard InChI is InChI=1S/C25H29N3O4S2/c1-4-28-23(30)16-8-6-7-9-18(16)26-25(28)33-13-12-20(29)27-22-21(24(31)32-5-2)17-11-10-15(3)14-19(17)34-22/h6-9,15H,4-5,10-14H2,1-3H3,(H,27,29). The molecule has 2 aromatic heterocycles. The average Bonchev–Trinajstić information content (AvgIpc) is 3.16. The van der Waals surface area contributed by atoms with Crippen molar-refractivity contribution >= 4 is 50.9 Å². The van der Waals surface area contributed by atoms with Crippen LogP contribution in [-0.2, 0) is 28.9 Å². The summed E-state index contributed by atoms with van der Waals surface area (Å²) >= 11 is 2.88. The minimum absolute atomic E-state index is 0.0717. The van der Waals surface area contributed by atoms with E-state index in [1.54, 1.807) is 17.6 Å². The summed E-state index contributed by atoms with van der Waals surface area (Å²) in [5.74, 6) is 0.488. The molecule has 9 heteroatoms. The summed E-state index contributed by atoms with van der Waals surface area (Å²) in [5.41, 5.74) is 2.13. The number of thiophene rings is 1. The Hall–Kier alpha value is -2.65. The Kier molecular flexibility index (Phi) is 7.73. The van der Waals surface area contributed by atoms with Gasteiger partial charge in [-0.3, -0.25) is 14.2 Å². The first kappa shape index (κ1) is 24.5. The van der Waals surface area contributed by atoms with Gasteiger partial charge in [0.15, 0.2) is 5.16 Å². The predicted octanol–water partition coefficient (Wildman–Crippen LogP) is 4.90. The topological polar surface area (TPSA) is 90.3 Å². The number of ether oxygens (including phenoxy) is 1. The number of carbonyl (C=O) groups is 2. The molecule has 4 rings (SSSR count). The SMILES string of the molecule is CCOC(=O)c1c(NC(=O)CCSc2nc3ccccc3c(=O)n2CC)sc2c1CCC(C)C2. The summed E-state index contributed by atoms with van der Waals surface area (Å²) in [6.07, 6.45) is 3.01. The molecule has 1 aliphatic carbocycles. The van der Waals surface area contributed by atoms with Crippen molar-refractivity contribution in [3.63, 3.8) is 0 Å². The van der Waals surface area contributed by atoms with Crippen LogP contribution in [0.5, 0.6) is 0 Å². The summed E-state index contributed by atoms with van der Waals surface area (Å²) in [5, 5.41) is 4.73. The number of thioether (sulfide) groups is 1. The van der Waals surface area contributed by atoms with Gasteiger partial charge in [0.2, 0.25) is 5.91 Å². The van der Waals surface area contributed by atoms with Crippen LogP contribution in [0.2, 0.25) is 0 Å². The van der Waals surface area contributed by atoms with E-state index in [1.807, 2.05) is 25.1 Å². The van der Waals surface area contributed by atoms with Gasteiger partial charge in [-0.2, -0.15) is 0 Å². The number of esters is 1. The van der Waals surface area contributed by atoms with Crippen LogP contribution in [0.3, 0.4) is 0 Å². The molecule has 0 aliphatic heterocycles. The molecule has 1 aromatic carbocycles. The fraction of sp³-hybridized carbons (Fsp3) is 0.440. The maximum Gasteiger partial charge on any atom is 0.341 e. The molecular formula is C25H29N3O4S2. The lowest BCUT2D eigenvalue weighted by molar-refractivity contribution is -0.115. The molecule has 0 fully saturated rings. The van der Waals surface area contributed by atoms with E-state index in [-0.39, 0.29) is 23.9 Å². The Bertz CT molecular complexity index is 1280. The van der Waals surface area contributed by atoms with E-state index in [1.165, 1.54) is 28.0 Å². The lowest BCUT2D eigenvalue weighted by atomic mass is 9.88. The second-order valence-corrected chi connectivity index (χ2v) is 10.6. The van der Waals surface area contributed by atoms with Crippen molar-refractivity contribution in [2.24, 2.45) is 5.92 Å². The fourth-order valence-corrected chi connectivity index (χ4v) is 6.63. The van der Waals surface area contributed by atoms with Crippen molar-refractivity contribution in [3.05, 3.63) is 50.6 Å². The minimum atomic E-state index is -0.369. The Morgan fingerprint density at radius 3 is 2.85 bits per heavy atom. The Morgan fingerprint density at radius 2 is 2.09 bits per heavy atom. The first-order valence-corrected chi connectivity index (χ1v) is 13.5. The molecule has 0 saturated carbocycles. The molecule has 0 radical (unpaired) electrons.